The van der Waals surface area contributed by atoms with Gasteiger partial charge in [-0.25, -0.2) is 0 Å². The summed E-state index contributed by atoms with van der Waals surface area (Å²) in [5.41, 5.74) is 1.36. The van der Waals surface area contributed by atoms with Gasteiger partial charge in [0.25, 0.3) is 0 Å². The van der Waals surface area contributed by atoms with Crippen LogP contribution in [0, 0.1) is 0 Å². The van der Waals surface area contributed by atoms with E-state index in [1.54, 1.807) is 6.26 Å². The SMILES string of the molecule is CNC(CCc1ccco1)CC1CCOc2ccccc21. The first-order chi connectivity index (χ1) is 10.4. The van der Waals surface area contributed by atoms with Crippen LogP contribution in [-0.2, 0) is 6.42 Å². The van der Waals surface area contributed by atoms with E-state index in [-0.39, 0.29) is 0 Å². The molecule has 3 nitrogen and oxygen atoms in total. The summed E-state index contributed by atoms with van der Waals surface area (Å²) in [6.07, 6.45) is 6.10. The zero-order valence-electron chi connectivity index (χ0n) is 12.5. The summed E-state index contributed by atoms with van der Waals surface area (Å²) in [6, 6.07) is 13.0. The molecular formula is C18H23NO2. The van der Waals surface area contributed by atoms with Crippen molar-refractivity contribution in [2.24, 2.45) is 0 Å². The molecule has 0 amide bonds. The Morgan fingerprint density at radius 2 is 2.14 bits per heavy atom. The summed E-state index contributed by atoms with van der Waals surface area (Å²) in [4.78, 5) is 0. The molecule has 3 rings (SSSR count). The fourth-order valence-electron chi connectivity index (χ4n) is 3.16. The first-order valence-corrected chi connectivity index (χ1v) is 7.78. The van der Waals surface area contributed by atoms with Crippen LogP contribution in [-0.4, -0.2) is 19.7 Å². The average molecular weight is 285 g/mol. The Labute approximate surface area is 126 Å². The number of hydrogen-bond acceptors (Lipinski definition) is 3. The highest BCUT2D eigenvalue weighted by molar-refractivity contribution is 5.37. The molecule has 0 saturated carbocycles. The Morgan fingerprint density at radius 3 is 2.95 bits per heavy atom. The van der Waals surface area contributed by atoms with Crippen LogP contribution in [0.25, 0.3) is 0 Å². The lowest BCUT2D eigenvalue weighted by molar-refractivity contribution is 0.254. The van der Waals surface area contributed by atoms with E-state index in [0.717, 1.165) is 43.8 Å². The molecule has 112 valence electrons. The number of para-hydroxylation sites is 1. The van der Waals surface area contributed by atoms with Crippen LogP contribution in [0.3, 0.4) is 0 Å². The van der Waals surface area contributed by atoms with Crippen LogP contribution < -0.4 is 10.1 Å². The molecule has 2 unspecified atom stereocenters. The zero-order chi connectivity index (χ0) is 14.5. The van der Waals surface area contributed by atoms with E-state index in [2.05, 4.69) is 36.6 Å². The molecule has 1 aromatic heterocycles. The second-order valence-corrected chi connectivity index (χ2v) is 5.71. The molecule has 2 atom stereocenters. The number of fused-ring (bicyclic) bond motifs is 1. The van der Waals surface area contributed by atoms with E-state index in [0.29, 0.717) is 12.0 Å². The van der Waals surface area contributed by atoms with Crippen LogP contribution >= 0.6 is 0 Å². The van der Waals surface area contributed by atoms with Gasteiger partial charge in [0.1, 0.15) is 11.5 Å². The molecule has 1 aliphatic heterocycles. The van der Waals surface area contributed by atoms with Gasteiger partial charge in [0.15, 0.2) is 0 Å². The maximum absolute atomic E-state index is 5.75. The number of nitrogens with one attached hydrogen (secondary N) is 1. The molecule has 0 aliphatic carbocycles. The third kappa shape index (κ3) is 3.48. The normalized spacial score (nSPS) is 18.8. The van der Waals surface area contributed by atoms with Crippen molar-refractivity contribution in [2.75, 3.05) is 13.7 Å². The molecule has 1 aliphatic rings. The highest BCUT2D eigenvalue weighted by Gasteiger charge is 2.23. The summed E-state index contributed by atoms with van der Waals surface area (Å²) >= 11 is 0. The number of aryl methyl sites for hydroxylation is 1. The lowest BCUT2D eigenvalue weighted by atomic mass is 9.86. The molecule has 0 bridgehead atoms. The average Bonchev–Trinajstić information content (AvgIpc) is 3.05. The van der Waals surface area contributed by atoms with Crippen molar-refractivity contribution in [1.29, 1.82) is 0 Å². The topological polar surface area (TPSA) is 34.4 Å². The van der Waals surface area contributed by atoms with E-state index in [1.807, 2.05) is 12.1 Å². The summed E-state index contributed by atoms with van der Waals surface area (Å²) in [5, 5.41) is 3.46. The molecule has 21 heavy (non-hydrogen) atoms. The predicted octanol–water partition coefficient (Wildman–Crippen LogP) is 3.76. The second-order valence-electron chi connectivity index (χ2n) is 5.71. The number of ether oxygens (including phenoxy) is 1. The first-order valence-electron chi connectivity index (χ1n) is 7.78. The van der Waals surface area contributed by atoms with Gasteiger partial charge in [-0.15, -0.1) is 0 Å². The van der Waals surface area contributed by atoms with Crippen molar-refractivity contribution in [3.05, 3.63) is 54.0 Å². The van der Waals surface area contributed by atoms with E-state index < -0.39 is 0 Å². The monoisotopic (exact) mass is 285 g/mol. The maximum atomic E-state index is 5.75. The Kier molecular flexibility index (Phi) is 4.61. The van der Waals surface area contributed by atoms with Gasteiger partial charge < -0.3 is 14.5 Å². The van der Waals surface area contributed by atoms with E-state index in [9.17, 15) is 0 Å². The van der Waals surface area contributed by atoms with Crippen LogP contribution in [0.5, 0.6) is 5.75 Å². The Bertz CT molecular complexity index is 550. The smallest absolute Gasteiger partial charge is 0.122 e. The van der Waals surface area contributed by atoms with Crippen LogP contribution in [0.1, 0.15) is 36.5 Å². The van der Waals surface area contributed by atoms with Gasteiger partial charge in [-0.1, -0.05) is 18.2 Å². The Hall–Kier alpha value is -1.74. The van der Waals surface area contributed by atoms with Crippen molar-refractivity contribution in [2.45, 2.75) is 37.6 Å². The van der Waals surface area contributed by atoms with E-state index in [4.69, 9.17) is 9.15 Å². The molecular weight excluding hydrogens is 262 g/mol. The van der Waals surface area contributed by atoms with Crippen LogP contribution in [0.15, 0.2) is 47.1 Å². The van der Waals surface area contributed by atoms with E-state index >= 15 is 0 Å². The molecule has 0 spiro atoms. The van der Waals surface area contributed by atoms with Gasteiger partial charge in [0.05, 0.1) is 12.9 Å². The van der Waals surface area contributed by atoms with Gasteiger partial charge in [0, 0.05) is 12.5 Å². The van der Waals surface area contributed by atoms with Crippen LogP contribution in [0.4, 0.5) is 0 Å². The maximum Gasteiger partial charge on any atom is 0.122 e. The third-order valence-electron chi connectivity index (χ3n) is 4.38. The van der Waals surface area contributed by atoms with Crippen LogP contribution in [0.2, 0.25) is 0 Å². The predicted molar refractivity (Wildman–Crippen MR) is 83.8 cm³/mol. The lowest BCUT2D eigenvalue weighted by Gasteiger charge is -2.29. The minimum absolute atomic E-state index is 0.506. The molecule has 0 fully saturated rings. The van der Waals surface area contributed by atoms with E-state index in [1.165, 1.54) is 5.56 Å². The van der Waals surface area contributed by atoms with Crippen molar-refractivity contribution < 1.29 is 9.15 Å². The number of furan rings is 1. The second kappa shape index (κ2) is 6.81. The van der Waals surface area contributed by atoms with Crippen molar-refractivity contribution in [1.82, 2.24) is 5.32 Å². The molecule has 0 saturated heterocycles. The van der Waals surface area contributed by atoms with Crippen molar-refractivity contribution in [3.63, 3.8) is 0 Å². The summed E-state index contributed by atoms with van der Waals surface area (Å²) in [7, 11) is 2.05. The fourth-order valence-corrected chi connectivity index (χ4v) is 3.16. The molecule has 1 aromatic carbocycles. The number of benzene rings is 1. The van der Waals surface area contributed by atoms with Gasteiger partial charge in [-0.05, 0) is 56.0 Å². The lowest BCUT2D eigenvalue weighted by Crippen LogP contribution is -2.29. The summed E-state index contributed by atoms with van der Waals surface area (Å²) < 4.78 is 11.2. The van der Waals surface area contributed by atoms with Gasteiger partial charge in [-0.2, -0.15) is 0 Å². The molecule has 1 N–H and O–H groups in total. The standard InChI is InChI=1S/C18H23NO2/c1-19-15(8-9-16-5-4-11-20-16)13-14-10-12-21-18-7-3-2-6-17(14)18/h2-7,11,14-15,19H,8-10,12-13H2,1H3. The number of rotatable bonds is 6. The fraction of sp³-hybridized carbons (Fsp3) is 0.444. The highest BCUT2D eigenvalue weighted by Crippen LogP contribution is 2.36. The van der Waals surface area contributed by atoms with Crippen molar-refractivity contribution >= 4 is 0 Å². The molecule has 0 radical (unpaired) electrons. The minimum atomic E-state index is 0.506. The summed E-state index contributed by atoms with van der Waals surface area (Å²) in [5.74, 6) is 2.72. The first kappa shape index (κ1) is 14.2. The zero-order valence-corrected chi connectivity index (χ0v) is 12.5. The molecule has 2 aromatic rings. The van der Waals surface area contributed by atoms with Gasteiger partial charge in [-0.3, -0.25) is 0 Å². The molecule has 2 heterocycles. The number of hydrogen-bond donors (Lipinski definition) is 1. The Balaban J connectivity index is 1.62. The van der Waals surface area contributed by atoms with Crippen molar-refractivity contribution in [3.8, 4) is 5.75 Å². The third-order valence-corrected chi connectivity index (χ3v) is 4.38. The minimum Gasteiger partial charge on any atom is -0.493 e. The van der Waals surface area contributed by atoms with Gasteiger partial charge in [0.2, 0.25) is 0 Å². The van der Waals surface area contributed by atoms with Gasteiger partial charge >= 0.3 is 0 Å². The Morgan fingerprint density at radius 1 is 1.24 bits per heavy atom. The molecule has 3 heteroatoms. The highest BCUT2D eigenvalue weighted by atomic mass is 16.5. The summed E-state index contributed by atoms with van der Waals surface area (Å²) in [6.45, 7) is 0.830. The largest absolute Gasteiger partial charge is 0.493 e. The quantitative estimate of drug-likeness (QED) is 0.877.